The molecule has 2 aromatic heterocycles. The van der Waals surface area contributed by atoms with E-state index in [4.69, 9.17) is 9.47 Å². The summed E-state index contributed by atoms with van der Waals surface area (Å²) in [7, 11) is 3.10. The highest BCUT2D eigenvalue weighted by molar-refractivity contribution is 5.95. The Morgan fingerprint density at radius 3 is 2.36 bits per heavy atom. The molecule has 0 aliphatic rings. The number of nitrogens with one attached hydrogen (secondary N) is 1. The number of fused-ring (bicyclic) bond motifs is 1. The van der Waals surface area contributed by atoms with Gasteiger partial charge in [-0.25, -0.2) is 0 Å². The number of hydrogen-bond acceptors (Lipinski definition) is 5. The van der Waals surface area contributed by atoms with Gasteiger partial charge in [0.05, 0.1) is 31.5 Å². The van der Waals surface area contributed by atoms with Gasteiger partial charge in [0.2, 0.25) is 5.91 Å². The summed E-state index contributed by atoms with van der Waals surface area (Å²) in [6.45, 7) is 5.55. The van der Waals surface area contributed by atoms with Crippen LogP contribution in [0.15, 0.2) is 59.5 Å². The van der Waals surface area contributed by atoms with Crippen molar-refractivity contribution in [3.05, 3.63) is 76.5 Å². The molecule has 8 heteroatoms. The molecule has 0 spiro atoms. The van der Waals surface area contributed by atoms with Crippen LogP contribution in [0.25, 0.3) is 16.5 Å². The van der Waals surface area contributed by atoms with Crippen LogP contribution >= 0.6 is 0 Å². The zero-order chi connectivity index (χ0) is 23.7. The molecule has 2 heterocycles. The van der Waals surface area contributed by atoms with Gasteiger partial charge in [-0.15, -0.1) is 0 Å². The van der Waals surface area contributed by atoms with Crippen molar-refractivity contribution in [2.45, 2.75) is 26.8 Å². The molecular weight excluding hydrogens is 420 g/mol. The highest BCUT2D eigenvalue weighted by Crippen LogP contribution is 2.31. The van der Waals surface area contributed by atoms with Crippen molar-refractivity contribution in [1.29, 1.82) is 0 Å². The van der Waals surface area contributed by atoms with E-state index in [9.17, 15) is 9.59 Å². The van der Waals surface area contributed by atoms with Crippen LogP contribution in [0.3, 0.4) is 0 Å². The number of benzene rings is 2. The first-order valence-corrected chi connectivity index (χ1v) is 10.5. The van der Waals surface area contributed by atoms with E-state index in [2.05, 4.69) is 10.4 Å². The first-order valence-electron chi connectivity index (χ1n) is 10.5. The summed E-state index contributed by atoms with van der Waals surface area (Å²) in [6.07, 6.45) is 1.68. The number of rotatable bonds is 6. The number of carbonyl (C=O) groups is 1. The molecule has 2 aromatic carbocycles. The van der Waals surface area contributed by atoms with E-state index in [0.29, 0.717) is 28.3 Å². The lowest BCUT2D eigenvalue weighted by molar-refractivity contribution is -0.118. The minimum absolute atomic E-state index is 0.217. The topological polar surface area (TPSA) is 87.4 Å². The largest absolute Gasteiger partial charge is 0.493 e. The van der Waals surface area contributed by atoms with Gasteiger partial charge < -0.3 is 19.4 Å². The maximum Gasteiger partial charge on any atom is 0.281 e. The van der Waals surface area contributed by atoms with Gasteiger partial charge in [-0.2, -0.15) is 9.78 Å². The summed E-state index contributed by atoms with van der Waals surface area (Å²) in [4.78, 5) is 26.4. The van der Waals surface area contributed by atoms with Gasteiger partial charge in [-0.1, -0.05) is 18.2 Å². The Labute approximate surface area is 191 Å². The average molecular weight is 447 g/mol. The second-order valence-electron chi connectivity index (χ2n) is 7.76. The lowest BCUT2D eigenvalue weighted by Gasteiger charge is -2.18. The monoisotopic (exact) mass is 446 g/mol. The molecule has 1 atom stereocenters. The van der Waals surface area contributed by atoms with Crippen LogP contribution in [0.4, 0.5) is 5.69 Å². The highest BCUT2D eigenvalue weighted by atomic mass is 16.5. The summed E-state index contributed by atoms with van der Waals surface area (Å²) < 4.78 is 13.8. The van der Waals surface area contributed by atoms with Crippen LogP contribution in [-0.2, 0) is 4.79 Å². The predicted octanol–water partition coefficient (Wildman–Crippen LogP) is 4.02. The predicted molar refractivity (Wildman–Crippen MR) is 128 cm³/mol. The molecule has 0 saturated carbocycles. The van der Waals surface area contributed by atoms with Gasteiger partial charge in [0, 0.05) is 28.5 Å². The second kappa shape index (κ2) is 8.82. The molecular formula is C25H26N4O4. The number of para-hydroxylation sites is 1. The van der Waals surface area contributed by atoms with Gasteiger partial charge in [-0.3, -0.25) is 9.59 Å². The Balaban J connectivity index is 1.71. The number of aryl methyl sites for hydroxylation is 2. The lowest BCUT2D eigenvalue weighted by Crippen LogP contribution is -2.25. The maximum atomic E-state index is 13.3. The number of aromatic nitrogens is 3. The molecule has 33 heavy (non-hydrogen) atoms. The molecule has 0 bridgehead atoms. The smallest absolute Gasteiger partial charge is 0.281 e. The van der Waals surface area contributed by atoms with E-state index in [1.807, 2.05) is 48.7 Å². The minimum atomic E-state index is -0.560. The zero-order valence-electron chi connectivity index (χ0n) is 19.2. The van der Waals surface area contributed by atoms with Crippen molar-refractivity contribution in [1.82, 2.24) is 14.3 Å². The molecule has 4 aromatic rings. The number of carbonyl (C=O) groups excluding carboxylic acids is 1. The molecule has 1 N–H and O–H groups in total. The second-order valence-corrected chi connectivity index (χ2v) is 7.76. The standard InChI is InChI=1S/C25H26N4O4/c1-15-20-14-26-29(19-9-7-6-8-10-19)25(31)23(20)16(2)28(15)17(3)24(30)27-18-11-12-21(32-4)22(13-18)33-5/h6-14,17H,1-5H3,(H,27,30)/t17-/m0/s1. The molecule has 0 aliphatic heterocycles. The maximum absolute atomic E-state index is 13.3. The zero-order valence-corrected chi connectivity index (χ0v) is 19.2. The Kier molecular flexibility index (Phi) is 5.91. The summed E-state index contributed by atoms with van der Waals surface area (Å²) in [5.41, 5.74) is 2.58. The third-order valence-corrected chi connectivity index (χ3v) is 5.87. The molecule has 170 valence electrons. The van der Waals surface area contributed by atoms with Crippen LogP contribution in [0, 0.1) is 13.8 Å². The lowest BCUT2D eigenvalue weighted by atomic mass is 10.2. The number of ether oxygens (including phenoxy) is 2. The van der Waals surface area contributed by atoms with Crippen LogP contribution in [0.2, 0.25) is 0 Å². The first kappa shape index (κ1) is 22.1. The fourth-order valence-electron chi connectivity index (χ4n) is 4.19. The minimum Gasteiger partial charge on any atom is -0.493 e. The Morgan fingerprint density at radius 2 is 1.70 bits per heavy atom. The van der Waals surface area contributed by atoms with E-state index in [-0.39, 0.29) is 11.5 Å². The highest BCUT2D eigenvalue weighted by Gasteiger charge is 2.24. The molecule has 0 radical (unpaired) electrons. The quantitative estimate of drug-likeness (QED) is 0.483. The van der Waals surface area contributed by atoms with Gasteiger partial charge in [0.15, 0.2) is 11.5 Å². The third kappa shape index (κ3) is 3.84. The normalized spacial score (nSPS) is 11.9. The van der Waals surface area contributed by atoms with Crippen molar-refractivity contribution in [2.75, 3.05) is 19.5 Å². The molecule has 4 rings (SSSR count). The number of anilines is 1. The van der Waals surface area contributed by atoms with Crippen LogP contribution in [0.1, 0.15) is 24.4 Å². The first-order chi connectivity index (χ1) is 15.9. The van der Waals surface area contributed by atoms with Gasteiger partial charge in [0.1, 0.15) is 6.04 Å². The Bertz CT molecular complexity index is 1390. The molecule has 0 aliphatic carbocycles. The van der Waals surface area contributed by atoms with E-state index < -0.39 is 6.04 Å². The van der Waals surface area contributed by atoms with Crippen LogP contribution < -0.4 is 20.3 Å². The number of hydrogen-bond donors (Lipinski definition) is 1. The van der Waals surface area contributed by atoms with Crippen LogP contribution in [0.5, 0.6) is 11.5 Å². The molecule has 0 saturated heterocycles. The summed E-state index contributed by atoms with van der Waals surface area (Å²) in [5, 5.41) is 8.57. The van der Waals surface area contributed by atoms with Gasteiger partial charge >= 0.3 is 0 Å². The summed E-state index contributed by atoms with van der Waals surface area (Å²) >= 11 is 0. The number of amides is 1. The fourth-order valence-corrected chi connectivity index (χ4v) is 4.19. The summed E-state index contributed by atoms with van der Waals surface area (Å²) in [6, 6.07) is 13.9. The average Bonchev–Trinajstić information content (AvgIpc) is 3.09. The SMILES string of the molecule is COc1ccc(NC(=O)[C@H](C)n2c(C)c3cnn(-c4ccccc4)c(=O)c3c2C)cc1OC. The summed E-state index contributed by atoms with van der Waals surface area (Å²) in [5.74, 6) is 0.883. The van der Waals surface area contributed by atoms with Crippen molar-refractivity contribution < 1.29 is 14.3 Å². The Morgan fingerprint density at radius 1 is 1.00 bits per heavy atom. The van der Waals surface area contributed by atoms with Crippen LogP contribution in [-0.4, -0.2) is 34.5 Å². The molecule has 0 fully saturated rings. The molecule has 8 nitrogen and oxygen atoms in total. The van der Waals surface area contributed by atoms with Crippen molar-refractivity contribution >= 4 is 22.4 Å². The van der Waals surface area contributed by atoms with E-state index >= 15 is 0 Å². The van der Waals surface area contributed by atoms with Gasteiger partial charge in [0.25, 0.3) is 5.56 Å². The van der Waals surface area contributed by atoms with E-state index in [1.165, 1.54) is 4.68 Å². The number of nitrogens with zero attached hydrogens (tertiary/aromatic N) is 3. The van der Waals surface area contributed by atoms with Crippen molar-refractivity contribution in [3.63, 3.8) is 0 Å². The molecule has 0 unspecified atom stereocenters. The fraction of sp³-hybridized carbons (Fsp3) is 0.240. The van der Waals surface area contributed by atoms with E-state index in [1.54, 1.807) is 45.5 Å². The number of methoxy groups -OCH3 is 2. The van der Waals surface area contributed by atoms with E-state index in [0.717, 1.165) is 16.8 Å². The third-order valence-electron chi connectivity index (χ3n) is 5.87. The van der Waals surface area contributed by atoms with Crippen molar-refractivity contribution in [3.8, 4) is 17.2 Å². The van der Waals surface area contributed by atoms with Crippen molar-refractivity contribution in [2.24, 2.45) is 0 Å². The molecule has 1 amide bonds. The Hall–Kier alpha value is -4.07. The van der Waals surface area contributed by atoms with Gasteiger partial charge in [-0.05, 0) is 45.0 Å².